The van der Waals surface area contributed by atoms with Crippen molar-refractivity contribution in [2.24, 2.45) is 0 Å². The predicted octanol–water partition coefficient (Wildman–Crippen LogP) is 1.30. The van der Waals surface area contributed by atoms with E-state index in [4.69, 9.17) is 0 Å². The van der Waals surface area contributed by atoms with Crippen LogP contribution in [0.25, 0.3) is 6.08 Å². The summed E-state index contributed by atoms with van der Waals surface area (Å²) < 4.78 is 4.64. The van der Waals surface area contributed by atoms with E-state index in [9.17, 15) is 14.4 Å². The van der Waals surface area contributed by atoms with Gasteiger partial charge in [-0.1, -0.05) is 30.3 Å². The molecule has 1 aromatic carbocycles. The summed E-state index contributed by atoms with van der Waals surface area (Å²) in [7, 11) is 0. The number of nitrogens with one attached hydrogen (secondary N) is 1. The normalized spacial score (nSPS) is 10.7. The van der Waals surface area contributed by atoms with Crippen molar-refractivity contribution in [3.63, 3.8) is 0 Å². The molecule has 0 aliphatic carbocycles. The molecule has 0 radical (unpaired) electrons. The molecule has 100 valence electrons. The molecule has 0 aromatic heterocycles. The first kappa shape index (κ1) is 14.6. The maximum Gasteiger partial charge on any atom is 0.315 e. The SMILES string of the molecule is CCOC(=O)CC(=O)NC(C=O)=Cc1ccccc1. The van der Waals surface area contributed by atoms with Gasteiger partial charge < -0.3 is 10.1 Å². The molecule has 0 aliphatic heterocycles. The molecular formula is C14H15NO4. The van der Waals surface area contributed by atoms with Gasteiger partial charge in [0, 0.05) is 0 Å². The number of aldehydes is 1. The van der Waals surface area contributed by atoms with Crippen LogP contribution in [-0.2, 0) is 19.1 Å². The van der Waals surface area contributed by atoms with Crippen LogP contribution in [0.15, 0.2) is 36.0 Å². The van der Waals surface area contributed by atoms with Gasteiger partial charge in [0.25, 0.3) is 0 Å². The molecule has 0 unspecified atom stereocenters. The second-order valence-electron chi connectivity index (χ2n) is 3.66. The van der Waals surface area contributed by atoms with Gasteiger partial charge >= 0.3 is 5.97 Å². The highest BCUT2D eigenvalue weighted by molar-refractivity contribution is 5.98. The number of rotatable bonds is 6. The van der Waals surface area contributed by atoms with Crippen LogP contribution in [0.1, 0.15) is 18.9 Å². The zero-order valence-electron chi connectivity index (χ0n) is 10.6. The quantitative estimate of drug-likeness (QED) is 0.362. The van der Waals surface area contributed by atoms with E-state index in [0.29, 0.717) is 6.29 Å². The summed E-state index contributed by atoms with van der Waals surface area (Å²) in [5.74, 6) is -1.20. The van der Waals surface area contributed by atoms with Crippen LogP contribution in [-0.4, -0.2) is 24.8 Å². The first-order chi connectivity index (χ1) is 9.15. The number of benzene rings is 1. The minimum atomic E-state index is -0.620. The van der Waals surface area contributed by atoms with E-state index in [1.165, 1.54) is 6.08 Å². The molecule has 0 atom stereocenters. The number of carbonyl (C=O) groups is 3. The minimum Gasteiger partial charge on any atom is -0.466 e. The summed E-state index contributed by atoms with van der Waals surface area (Å²) in [5.41, 5.74) is 0.876. The zero-order chi connectivity index (χ0) is 14.1. The lowest BCUT2D eigenvalue weighted by Gasteiger charge is -2.04. The summed E-state index contributed by atoms with van der Waals surface area (Å²) in [6.45, 7) is 1.87. The van der Waals surface area contributed by atoms with E-state index < -0.39 is 18.3 Å². The van der Waals surface area contributed by atoms with Crippen LogP contribution in [0.5, 0.6) is 0 Å². The molecule has 5 nitrogen and oxygen atoms in total. The smallest absolute Gasteiger partial charge is 0.315 e. The van der Waals surface area contributed by atoms with Crippen molar-refractivity contribution in [3.8, 4) is 0 Å². The van der Waals surface area contributed by atoms with Gasteiger partial charge in [-0.05, 0) is 18.6 Å². The average molecular weight is 261 g/mol. The van der Waals surface area contributed by atoms with E-state index in [1.54, 1.807) is 19.1 Å². The molecule has 0 heterocycles. The fraction of sp³-hybridized carbons (Fsp3) is 0.214. The highest BCUT2D eigenvalue weighted by Crippen LogP contribution is 2.03. The molecular weight excluding hydrogens is 246 g/mol. The molecule has 1 aromatic rings. The van der Waals surface area contributed by atoms with Crippen molar-refractivity contribution in [3.05, 3.63) is 41.6 Å². The standard InChI is InChI=1S/C14H15NO4/c1-2-19-14(18)9-13(17)15-12(10-16)8-11-6-4-3-5-7-11/h3-8,10H,2,9H2,1H3,(H,15,17). The van der Waals surface area contributed by atoms with Crippen LogP contribution in [0.4, 0.5) is 0 Å². The fourth-order valence-corrected chi connectivity index (χ4v) is 1.38. The van der Waals surface area contributed by atoms with Crippen molar-refractivity contribution >= 4 is 24.2 Å². The summed E-state index contributed by atoms with van der Waals surface area (Å²) >= 11 is 0. The summed E-state index contributed by atoms with van der Waals surface area (Å²) in [6, 6.07) is 9.06. The molecule has 0 saturated carbocycles. The highest BCUT2D eigenvalue weighted by atomic mass is 16.5. The third kappa shape index (κ3) is 5.63. The van der Waals surface area contributed by atoms with Crippen LogP contribution in [0.2, 0.25) is 0 Å². The predicted molar refractivity (Wildman–Crippen MR) is 69.9 cm³/mol. The van der Waals surface area contributed by atoms with Crippen molar-refractivity contribution < 1.29 is 19.1 Å². The molecule has 5 heteroatoms. The molecule has 0 saturated heterocycles. The minimum absolute atomic E-state index is 0.0977. The van der Waals surface area contributed by atoms with E-state index in [0.717, 1.165) is 5.56 Å². The maximum absolute atomic E-state index is 11.5. The Balaban J connectivity index is 2.62. The number of amides is 1. The molecule has 19 heavy (non-hydrogen) atoms. The average Bonchev–Trinajstić information content (AvgIpc) is 2.39. The van der Waals surface area contributed by atoms with Crippen LogP contribution in [0, 0.1) is 0 Å². The maximum atomic E-state index is 11.5. The number of hydrogen-bond donors (Lipinski definition) is 1. The van der Waals surface area contributed by atoms with Crippen molar-refractivity contribution in [2.45, 2.75) is 13.3 Å². The van der Waals surface area contributed by atoms with E-state index in [1.807, 2.05) is 18.2 Å². The lowest BCUT2D eigenvalue weighted by Crippen LogP contribution is -2.26. The van der Waals surface area contributed by atoms with Gasteiger partial charge in [0.05, 0.1) is 12.3 Å². The van der Waals surface area contributed by atoms with Crippen LogP contribution >= 0.6 is 0 Å². The largest absolute Gasteiger partial charge is 0.466 e. The lowest BCUT2D eigenvalue weighted by atomic mass is 10.2. The van der Waals surface area contributed by atoms with E-state index >= 15 is 0 Å². The Morgan fingerprint density at radius 2 is 1.95 bits per heavy atom. The summed E-state index contributed by atoms with van der Waals surface area (Å²) in [6.07, 6.45) is 1.64. The van der Waals surface area contributed by atoms with Gasteiger partial charge in [-0.15, -0.1) is 0 Å². The second kappa shape index (κ2) is 7.81. The van der Waals surface area contributed by atoms with E-state index in [2.05, 4.69) is 10.1 Å². The molecule has 1 amide bonds. The number of ether oxygens (including phenoxy) is 1. The molecule has 0 bridgehead atoms. The van der Waals surface area contributed by atoms with Crippen molar-refractivity contribution in [1.29, 1.82) is 0 Å². The van der Waals surface area contributed by atoms with Gasteiger partial charge in [-0.3, -0.25) is 14.4 Å². The first-order valence-electron chi connectivity index (χ1n) is 5.83. The van der Waals surface area contributed by atoms with Gasteiger partial charge in [0.15, 0.2) is 6.29 Å². The first-order valence-corrected chi connectivity index (χ1v) is 5.83. The molecule has 0 aliphatic rings. The van der Waals surface area contributed by atoms with Gasteiger partial charge in [0.2, 0.25) is 5.91 Å². The Morgan fingerprint density at radius 1 is 1.26 bits per heavy atom. The zero-order valence-corrected chi connectivity index (χ0v) is 10.6. The molecule has 0 spiro atoms. The van der Waals surface area contributed by atoms with Crippen molar-refractivity contribution in [1.82, 2.24) is 5.32 Å². The van der Waals surface area contributed by atoms with Gasteiger partial charge in [-0.2, -0.15) is 0 Å². The topological polar surface area (TPSA) is 72.5 Å². The van der Waals surface area contributed by atoms with Crippen LogP contribution < -0.4 is 5.32 Å². The molecule has 0 fully saturated rings. The number of esters is 1. The Hall–Kier alpha value is -2.43. The second-order valence-corrected chi connectivity index (χ2v) is 3.66. The third-order valence-corrected chi connectivity index (χ3v) is 2.14. The van der Waals surface area contributed by atoms with Gasteiger partial charge in [-0.25, -0.2) is 0 Å². The molecule has 1 rings (SSSR count). The summed E-state index contributed by atoms with van der Waals surface area (Å²) in [4.78, 5) is 33.4. The Labute approximate surface area is 111 Å². The number of allylic oxidation sites excluding steroid dienone is 1. The Kier molecular flexibility index (Phi) is 6.02. The number of carbonyl (C=O) groups excluding carboxylic acids is 3. The highest BCUT2D eigenvalue weighted by Gasteiger charge is 2.11. The fourth-order valence-electron chi connectivity index (χ4n) is 1.38. The van der Waals surface area contributed by atoms with Crippen molar-refractivity contribution in [2.75, 3.05) is 6.61 Å². The molecule has 1 N–H and O–H groups in total. The number of hydrogen-bond acceptors (Lipinski definition) is 4. The summed E-state index contributed by atoms with van der Waals surface area (Å²) in [5, 5.41) is 2.36. The Bertz CT molecular complexity index is 479. The lowest BCUT2D eigenvalue weighted by molar-refractivity contribution is -0.145. The monoisotopic (exact) mass is 261 g/mol. The third-order valence-electron chi connectivity index (χ3n) is 2.14. The Morgan fingerprint density at radius 3 is 2.53 bits per heavy atom. The van der Waals surface area contributed by atoms with Gasteiger partial charge in [0.1, 0.15) is 6.42 Å². The van der Waals surface area contributed by atoms with Crippen LogP contribution in [0.3, 0.4) is 0 Å². The van der Waals surface area contributed by atoms with E-state index in [-0.39, 0.29) is 12.3 Å².